The second kappa shape index (κ2) is 7.31. The van der Waals surface area contributed by atoms with Gasteiger partial charge in [0.05, 0.1) is 0 Å². The fourth-order valence-electron chi connectivity index (χ4n) is 2.15. The Morgan fingerprint density at radius 1 is 0.786 bits per heavy atom. The molecule has 0 spiro atoms. The molecule has 1 aliphatic carbocycles. The molecule has 1 saturated carbocycles. The van der Waals surface area contributed by atoms with Gasteiger partial charge in [-0.15, -0.1) is 0 Å². The van der Waals surface area contributed by atoms with E-state index in [2.05, 4.69) is 41.5 Å². The maximum absolute atomic E-state index is 2.38. The Labute approximate surface area is 92.5 Å². The van der Waals surface area contributed by atoms with Gasteiger partial charge in [0.25, 0.3) is 0 Å². The third-order valence-corrected chi connectivity index (χ3v) is 2.44. The molecule has 0 aromatic heterocycles. The van der Waals surface area contributed by atoms with Crippen molar-refractivity contribution < 1.29 is 0 Å². The van der Waals surface area contributed by atoms with Crippen LogP contribution in [-0.4, -0.2) is 0 Å². The minimum Gasteiger partial charge on any atom is -0.0683 e. The van der Waals surface area contributed by atoms with Gasteiger partial charge in [0, 0.05) is 0 Å². The van der Waals surface area contributed by atoms with Crippen LogP contribution in [0, 0.1) is 10.8 Å². The van der Waals surface area contributed by atoms with Crippen molar-refractivity contribution >= 4 is 0 Å². The molecule has 0 saturated heterocycles. The van der Waals surface area contributed by atoms with Gasteiger partial charge in [-0.1, -0.05) is 61.8 Å². The van der Waals surface area contributed by atoms with Crippen LogP contribution in [0.4, 0.5) is 0 Å². The van der Waals surface area contributed by atoms with Crippen molar-refractivity contribution in [3.63, 3.8) is 0 Å². The maximum atomic E-state index is 2.38. The van der Waals surface area contributed by atoms with E-state index in [1.54, 1.807) is 0 Å². The smallest absolute Gasteiger partial charge is 0.0349 e. The van der Waals surface area contributed by atoms with Gasteiger partial charge in [0.1, 0.15) is 0 Å². The van der Waals surface area contributed by atoms with Crippen LogP contribution in [0.1, 0.15) is 81.1 Å². The van der Waals surface area contributed by atoms with Crippen LogP contribution < -0.4 is 0 Å². The third kappa shape index (κ3) is 8.59. The first-order valence-electron chi connectivity index (χ1n) is 6.33. The van der Waals surface area contributed by atoms with Gasteiger partial charge in [-0.3, -0.25) is 0 Å². The van der Waals surface area contributed by atoms with Crippen LogP contribution in [0.15, 0.2) is 0 Å². The summed E-state index contributed by atoms with van der Waals surface area (Å²) in [5.74, 6) is 0. The van der Waals surface area contributed by atoms with E-state index in [1.807, 2.05) is 13.8 Å². The van der Waals surface area contributed by atoms with Crippen molar-refractivity contribution in [2.75, 3.05) is 0 Å². The molecule has 0 nitrogen and oxygen atoms in total. The lowest BCUT2D eigenvalue weighted by atomic mass is 9.85. The lowest BCUT2D eigenvalue weighted by Gasteiger charge is -2.21. The zero-order valence-corrected chi connectivity index (χ0v) is 11.8. The van der Waals surface area contributed by atoms with E-state index in [4.69, 9.17) is 0 Å². The molecule has 0 heteroatoms. The van der Waals surface area contributed by atoms with Crippen molar-refractivity contribution in [2.24, 2.45) is 10.8 Å². The molecular formula is C14H32. The lowest BCUT2D eigenvalue weighted by molar-refractivity contribution is 0.304. The molecule has 0 bridgehead atoms. The summed E-state index contributed by atoms with van der Waals surface area (Å²) in [5.41, 5.74) is 1.26. The van der Waals surface area contributed by atoms with Gasteiger partial charge in [-0.2, -0.15) is 0 Å². The van der Waals surface area contributed by atoms with Crippen molar-refractivity contribution in [1.82, 2.24) is 0 Å². The predicted octanol–water partition coefficient (Wildman–Crippen LogP) is 5.67. The molecule has 0 radical (unpaired) electrons. The summed E-state index contributed by atoms with van der Waals surface area (Å²) in [6, 6.07) is 0. The topological polar surface area (TPSA) is 0 Å². The molecular weight excluding hydrogens is 168 g/mol. The van der Waals surface area contributed by atoms with Crippen LogP contribution in [0.2, 0.25) is 0 Å². The fourth-order valence-corrected chi connectivity index (χ4v) is 2.15. The van der Waals surface area contributed by atoms with E-state index in [1.165, 1.54) is 25.7 Å². The van der Waals surface area contributed by atoms with Gasteiger partial charge in [-0.05, 0) is 30.1 Å². The first kappa shape index (κ1) is 16.4. The normalized spacial score (nSPS) is 21.4. The van der Waals surface area contributed by atoms with Crippen molar-refractivity contribution in [3.05, 3.63) is 0 Å². The molecule has 1 aliphatic rings. The monoisotopic (exact) mass is 200 g/mol. The molecule has 14 heavy (non-hydrogen) atoms. The number of rotatable bonds is 0. The zero-order chi connectivity index (χ0) is 11.8. The van der Waals surface area contributed by atoms with Gasteiger partial charge < -0.3 is 0 Å². The van der Waals surface area contributed by atoms with Crippen LogP contribution in [0.25, 0.3) is 0 Å². The molecule has 0 N–H and O–H groups in total. The summed E-state index contributed by atoms with van der Waals surface area (Å²) in [7, 11) is 0. The van der Waals surface area contributed by atoms with E-state index in [0.29, 0.717) is 10.8 Å². The Hall–Kier alpha value is 0. The Bertz CT molecular complexity index is 106. The summed E-state index contributed by atoms with van der Waals surface area (Å²) in [6.45, 7) is 17.8. The molecule has 88 valence electrons. The van der Waals surface area contributed by atoms with E-state index in [-0.39, 0.29) is 0 Å². The van der Waals surface area contributed by atoms with E-state index < -0.39 is 0 Å². The summed E-state index contributed by atoms with van der Waals surface area (Å²) in [6.07, 6.45) is 5.49. The fraction of sp³-hybridized carbons (Fsp3) is 1.00. The van der Waals surface area contributed by atoms with Crippen LogP contribution >= 0.6 is 0 Å². The molecule has 0 amide bonds. The predicted molar refractivity (Wildman–Crippen MR) is 68.7 cm³/mol. The first-order valence-corrected chi connectivity index (χ1v) is 6.33. The van der Waals surface area contributed by atoms with Crippen molar-refractivity contribution in [3.8, 4) is 0 Å². The largest absolute Gasteiger partial charge is 0.0683 e. The average Bonchev–Trinajstić information content (AvgIpc) is 2.29. The zero-order valence-electron chi connectivity index (χ0n) is 11.8. The summed E-state index contributed by atoms with van der Waals surface area (Å²) in [5, 5.41) is 0. The minimum atomic E-state index is 0.628. The Kier molecular flexibility index (Phi) is 8.58. The Morgan fingerprint density at radius 3 is 1.07 bits per heavy atom. The molecule has 0 heterocycles. The summed E-state index contributed by atoms with van der Waals surface area (Å²) < 4.78 is 0. The highest BCUT2D eigenvalue weighted by molar-refractivity contribution is 4.87. The second-order valence-electron chi connectivity index (χ2n) is 5.71. The molecule has 0 aromatic carbocycles. The van der Waals surface area contributed by atoms with Gasteiger partial charge in [0.15, 0.2) is 0 Å². The third-order valence-electron chi connectivity index (χ3n) is 2.44. The maximum Gasteiger partial charge on any atom is -0.0349 e. The summed E-state index contributed by atoms with van der Waals surface area (Å²) in [4.78, 5) is 0. The molecule has 1 rings (SSSR count). The highest BCUT2D eigenvalue weighted by Gasteiger charge is 2.35. The first-order chi connectivity index (χ1) is 6.33. The van der Waals surface area contributed by atoms with Gasteiger partial charge in [-0.25, -0.2) is 0 Å². The molecule has 0 aliphatic heterocycles. The standard InChI is InChI=1S/C9H18.C3H8.C2H6/c1-8(2)5-6-9(3,4)7-8;1-3-2;1-2/h5-7H2,1-4H3;3H2,1-2H3;1-2H3. The number of hydrogen-bond donors (Lipinski definition) is 0. The second-order valence-corrected chi connectivity index (χ2v) is 5.71. The quantitative estimate of drug-likeness (QED) is 0.473. The lowest BCUT2D eigenvalue weighted by Crippen LogP contribution is -2.09. The van der Waals surface area contributed by atoms with Gasteiger partial charge >= 0.3 is 0 Å². The van der Waals surface area contributed by atoms with Crippen LogP contribution in [-0.2, 0) is 0 Å². The van der Waals surface area contributed by atoms with E-state index in [0.717, 1.165) is 0 Å². The highest BCUT2D eigenvalue weighted by atomic mass is 14.4. The number of hydrogen-bond acceptors (Lipinski definition) is 0. The summed E-state index contributed by atoms with van der Waals surface area (Å²) >= 11 is 0. The van der Waals surface area contributed by atoms with Crippen LogP contribution in [0.5, 0.6) is 0 Å². The molecule has 0 unspecified atom stereocenters. The van der Waals surface area contributed by atoms with Gasteiger partial charge in [0.2, 0.25) is 0 Å². The highest BCUT2D eigenvalue weighted by Crippen LogP contribution is 2.48. The van der Waals surface area contributed by atoms with E-state index in [9.17, 15) is 0 Å². The van der Waals surface area contributed by atoms with Crippen molar-refractivity contribution in [1.29, 1.82) is 0 Å². The molecule has 0 aromatic rings. The average molecular weight is 200 g/mol. The Morgan fingerprint density at radius 2 is 1.00 bits per heavy atom. The SMILES string of the molecule is CC.CC1(C)CCC(C)(C)C1.CCC. The molecule has 0 atom stereocenters. The minimum absolute atomic E-state index is 0.628. The Balaban J connectivity index is 0. The van der Waals surface area contributed by atoms with E-state index >= 15 is 0 Å². The van der Waals surface area contributed by atoms with Crippen LogP contribution in [0.3, 0.4) is 0 Å². The van der Waals surface area contributed by atoms with Crippen molar-refractivity contribution in [2.45, 2.75) is 81.1 Å². The molecule has 1 fully saturated rings.